The van der Waals surface area contributed by atoms with Gasteiger partial charge in [0.2, 0.25) is 0 Å². The standard InChI is InChI=1S/C9H7IO2/c1-3-6-5-7(10)9(11)12-8(6)4-2/h3-5H,1-2H2. The van der Waals surface area contributed by atoms with E-state index in [-0.39, 0.29) is 5.63 Å². The largest absolute Gasteiger partial charge is 0.422 e. The molecule has 0 unspecified atom stereocenters. The summed E-state index contributed by atoms with van der Waals surface area (Å²) in [6, 6.07) is 1.72. The van der Waals surface area contributed by atoms with Crippen LogP contribution in [0, 0.1) is 3.57 Å². The minimum absolute atomic E-state index is 0.337. The topological polar surface area (TPSA) is 30.2 Å². The van der Waals surface area contributed by atoms with Gasteiger partial charge in [-0.1, -0.05) is 19.2 Å². The first-order chi connectivity index (χ1) is 5.69. The van der Waals surface area contributed by atoms with Crippen LogP contribution in [-0.4, -0.2) is 0 Å². The zero-order chi connectivity index (χ0) is 9.14. The van der Waals surface area contributed by atoms with E-state index in [1.165, 1.54) is 6.08 Å². The van der Waals surface area contributed by atoms with Crippen LogP contribution < -0.4 is 5.63 Å². The Labute approximate surface area is 83.7 Å². The molecule has 0 saturated carbocycles. The van der Waals surface area contributed by atoms with E-state index in [0.29, 0.717) is 9.33 Å². The molecule has 0 N–H and O–H groups in total. The summed E-state index contributed by atoms with van der Waals surface area (Å²) in [5.41, 5.74) is 0.449. The van der Waals surface area contributed by atoms with Crippen LogP contribution in [0.4, 0.5) is 0 Å². The van der Waals surface area contributed by atoms with Gasteiger partial charge >= 0.3 is 5.63 Å². The van der Waals surface area contributed by atoms with Crippen molar-refractivity contribution in [3.63, 3.8) is 0 Å². The quantitative estimate of drug-likeness (QED) is 0.776. The summed E-state index contributed by atoms with van der Waals surface area (Å²) in [6.07, 6.45) is 3.12. The summed E-state index contributed by atoms with van der Waals surface area (Å²) < 4.78 is 5.48. The van der Waals surface area contributed by atoms with Gasteiger partial charge < -0.3 is 4.42 Å². The van der Waals surface area contributed by atoms with Gasteiger partial charge in [-0.05, 0) is 34.7 Å². The molecule has 1 aromatic rings. The molecule has 62 valence electrons. The van der Waals surface area contributed by atoms with Crippen molar-refractivity contribution in [3.8, 4) is 0 Å². The van der Waals surface area contributed by atoms with Crippen molar-refractivity contribution in [2.45, 2.75) is 0 Å². The molecule has 0 aliphatic carbocycles. The monoisotopic (exact) mass is 274 g/mol. The lowest BCUT2D eigenvalue weighted by Crippen LogP contribution is -2.04. The summed E-state index contributed by atoms with van der Waals surface area (Å²) in [4.78, 5) is 11.0. The predicted molar refractivity (Wildman–Crippen MR) is 57.9 cm³/mol. The number of halogens is 1. The second-order valence-corrected chi connectivity index (χ2v) is 3.27. The second kappa shape index (κ2) is 3.71. The molecule has 1 heterocycles. The molecule has 1 aromatic heterocycles. The lowest BCUT2D eigenvalue weighted by atomic mass is 10.2. The smallest absolute Gasteiger partial charge is 0.349 e. The average molecular weight is 274 g/mol. The Morgan fingerprint density at radius 3 is 2.58 bits per heavy atom. The van der Waals surface area contributed by atoms with Crippen molar-refractivity contribution in [2.24, 2.45) is 0 Å². The Balaban J connectivity index is 3.48. The highest BCUT2D eigenvalue weighted by Gasteiger charge is 2.03. The van der Waals surface area contributed by atoms with Gasteiger partial charge in [-0.3, -0.25) is 0 Å². The molecule has 0 aliphatic rings. The fourth-order valence-electron chi connectivity index (χ4n) is 0.793. The lowest BCUT2D eigenvalue weighted by Gasteiger charge is -1.98. The van der Waals surface area contributed by atoms with E-state index < -0.39 is 0 Å². The van der Waals surface area contributed by atoms with Gasteiger partial charge in [0.1, 0.15) is 5.76 Å². The molecule has 0 atom stereocenters. The maximum atomic E-state index is 11.0. The van der Waals surface area contributed by atoms with E-state index in [4.69, 9.17) is 4.42 Å². The van der Waals surface area contributed by atoms with Gasteiger partial charge in [-0.15, -0.1) is 0 Å². The molecule has 0 spiro atoms. The minimum Gasteiger partial charge on any atom is -0.422 e. The molecule has 0 amide bonds. The highest BCUT2D eigenvalue weighted by molar-refractivity contribution is 14.1. The van der Waals surface area contributed by atoms with Crippen LogP contribution in [0.25, 0.3) is 12.2 Å². The van der Waals surface area contributed by atoms with Crippen molar-refractivity contribution >= 4 is 34.7 Å². The zero-order valence-electron chi connectivity index (χ0n) is 6.34. The normalized spacial score (nSPS) is 9.42. The second-order valence-electron chi connectivity index (χ2n) is 2.11. The zero-order valence-corrected chi connectivity index (χ0v) is 8.50. The molecular formula is C9H7IO2. The summed E-state index contributed by atoms with van der Waals surface area (Å²) in [6.45, 7) is 7.12. The van der Waals surface area contributed by atoms with Crippen molar-refractivity contribution in [1.82, 2.24) is 0 Å². The first kappa shape index (κ1) is 9.25. The van der Waals surface area contributed by atoms with Crippen molar-refractivity contribution in [1.29, 1.82) is 0 Å². The van der Waals surface area contributed by atoms with E-state index in [1.807, 2.05) is 22.6 Å². The van der Waals surface area contributed by atoms with Crippen LogP contribution in [0.3, 0.4) is 0 Å². The van der Waals surface area contributed by atoms with E-state index in [1.54, 1.807) is 12.1 Å². The first-order valence-electron chi connectivity index (χ1n) is 3.27. The molecule has 0 saturated heterocycles. The summed E-state index contributed by atoms with van der Waals surface area (Å²) in [5, 5.41) is 0. The van der Waals surface area contributed by atoms with Crippen LogP contribution in [-0.2, 0) is 0 Å². The third kappa shape index (κ3) is 1.66. The van der Waals surface area contributed by atoms with Crippen LogP contribution in [0.2, 0.25) is 0 Å². The summed E-state index contributed by atoms with van der Waals surface area (Å²) in [7, 11) is 0. The van der Waals surface area contributed by atoms with Gasteiger partial charge in [-0.25, -0.2) is 4.79 Å². The molecular weight excluding hydrogens is 267 g/mol. The molecule has 0 aromatic carbocycles. The Kier molecular flexibility index (Phi) is 2.86. The average Bonchev–Trinajstić information content (AvgIpc) is 2.09. The van der Waals surface area contributed by atoms with E-state index >= 15 is 0 Å². The van der Waals surface area contributed by atoms with Crippen molar-refractivity contribution < 1.29 is 4.42 Å². The minimum atomic E-state index is -0.337. The van der Waals surface area contributed by atoms with Gasteiger partial charge in [0.25, 0.3) is 0 Å². The maximum absolute atomic E-state index is 11.0. The highest BCUT2D eigenvalue weighted by Crippen LogP contribution is 2.12. The molecule has 12 heavy (non-hydrogen) atoms. The van der Waals surface area contributed by atoms with E-state index in [9.17, 15) is 4.79 Å². The molecule has 1 rings (SSSR count). The van der Waals surface area contributed by atoms with Crippen LogP contribution in [0.1, 0.15) is 11.3 Å². The van der Waals surface area contributed by atoms with E-state index in [2.05, 4.69) is 13.2 Å². The molecule has 0 aliphatic heterocycles. The van der Waals surface area contributed by atoms with Crippen LogP contribution in [0.5, 0.6) is 0 Å². The molecule has 3 heteroatoms. The third-order valence-electron chi connectivity index (χ3n) is 1.37. The Morgan fingerprint density at radius 1 is 1.42 bits per heavy atom. The van der Waals surface area contributed by atoms with Crippen LogP contribution in [0.15, 0.2) is 28.4 Å². The SMILES string of the molecule is C=Cc1cc(I)c(=O)oc1C=C. The van der Waals surface area contributed by atoms with Gasteiger partial charge in [0.05, 0.1) is 3.57 Å². The first-order valence-corrected chi connectivity index (χ1v) is 4.35. The maximum Gasteiger partial charge on any atom is 0.349 e. The van der Waals surface area contributed by atoms with E-state index in [0.717, 1.165) is 5.56 Å². The lowest BCUT2D eigenvalue weighted by molar-refractivity contribution is 0.495. The number of hydrogen-bond acceptors (Lipinski definition) is 2. The molecule has 0 bridgehead atoms. The molecule has 0 radical (unpaired) electrons. The number of rotatable bonds is 2. The third-order valence-corrected chi connectivity index (χ3v) is 2.12. The summed E-state index contributed by atoms with van der Waals surface area (Å²) in [5.74, 6) is 0.468. The highest BCUT2D eigenvalue weighted by atomic mass is 127. The van der Waals surface area contributed by atoms with Crippen LogP contribution >= 0.6 is 22.6 Å². The number of hydrogen-bond donors (Lipinski definition) is 0. The van der Waals surface area contributed by atoms with Gasteiger partial charge in [0.15, 0.2) is 0 Å². The predicted octanol–water partition coefficient (Wildman–Crippen LogP) is 2.53. The Hall–Kier alpha value is -0.840. The van der Waals surface area contributed by atoms with Crippen molar-refractivity contribution in [2.75, 3.05) is 0 Å². The van der Waals surface area contributed by atoms with Gasteiger partial charge in [-0.2, -0.15) is 0 Å². The molecule has 2 nitrogen and oxygen atoms in total. The Bertz CT molecular complexity index is 377. The fourth-order valence-corrected chi connectivity index (χ4v) is 1.24. The Morgan fingerprint density at radius 2 is 2.08 bits per heavy atom. The molecule has 0 fully saturated rings. The van der Waals surface area contributed by atoms with Gasteiger partial charge in [0, 0.05) is 5.56 Å². The summed E-state index contributed by atoms with van der Waals surface area (Å²) >= 11 is 1.92. The van der Waals surface area contributed by atoms with Crippen molar-refractivity contribution in [3.05, 3.63) is 44.5 Å². The fraction of sp³-hybridized carbons (Fsp3) is 0.